The Labute approximate surface area is 124 Å². The van der Waals surface area contributed by atoms with E-state index < -0.39 is 22.4 Å². The van der Waals surface area contributed by atoms with E-state index in [0.717, 1.165) is 30.6 Å². The van der Waals surface area contributed by atoms with Gasteiger partial charge in [-0.05, 0) is 38.3 Å². The molecular weight excluding hydrogens is 294 g/mol. The lowest BCUT2D eigenvalue weighted by Crippen LogP contribution is -2.37. The van der Waals surface area contributed by atoms with Gasteiger partial charge in [-0.2, -0.15) is 8.42 Å². The first-order chi connectivity index (χ1) is 9.87. The molecule has 21 heavy (non-hydrogen) atoms. The summed E-state index contributed by atoms with van der Waals surface area (Å²) in [5.74, 6) is 0. The molecule has 8 heteroatoms. The molecule has 3 N–H and O–H groups in total. The normalized spacial score (nSPS) is 14.0. The number of nitrogens with one attached hydrogen (secondary N) is 3. The van der Waals surface area contributed by atoms with Crippen LogP contribution >= 0.6 is 0 Å². The Bertz CT molecular complexity index is 628. The number of benzene rings is 1. The quantitative estimate of drug-likeness (QED) is 0.788. The second-order valence-electron chi connectivity index (χ2n) is 5.03. The van der Waals surface area contributed by atoms with E-state index in [1.54, 1.807) is 26.0 Å². The number of hydrogen-bond donors (Lipinski definition) is 3. The molecule has 1 aromatic rings. The van der Waals surface area contributed by atoms with Crippen LogP contribution in [-0.2, 0) is 21.4 Å². The van der Waals surface area contributed by atoms with Gasteiger partial charge in [0, 0.05) is 6.54 Å². The molecule has 0 fully saturated rings. The second-order valence-corrected chi connectivity index (χ2v) is 6.45. The maximum atomic E-state index is 11.9. The smallest absolute Gasteiger partial charge is 0.422 e. The van der Waals surface area contributed by atoms with Crippen molar-refractivity contribution in [2.45, 2.75) is 32.8 Å². The van der Waals surface area contributed by atoms with Crippen LogP contribution in [0.1, 0.15) is 25.8 Å². The predicted molar refractivity (Wildman–Crippen MR) is 80.5 cm³/mol. The van der Waals surface area contributed by atoms with E-state index in [4.69, 9.17) is 4.74 Å². The average Bonchev–Trinajstić information content (AvgIpc) is 2.37. The van der Waals surface area contributed by atoms with Gasteiger partial charge in [-0.15, -0.1) is 0 Å². The van der Waals surface area contributed by atoms with Gasteiger partial charge in [0.2, 0.25) is 0 Å². The molecule has 0 radical (unpaired) electrons. The summed E-state index contributed by atoms with van der Waals surface area (Å²) in [6.07, 6.45) is 0.490. The van der Waals surface area contributed by atoms with Gasteiger partial charge in [-0.25, -0.2) is 9.52 Å². The SMILES string of the molecule is CC(C)OC(=O)NS(=O)(=O)Nc1cccc2c1NCCC2. The fraction of sp³-hybridized carbons (Fsp3) is 0.462. The minimum Gasteiger partial charge on any atom is -0.446 e. The number of hydrogen-bond acceptors (Lipinski definition) is 5. The van der Waals surface area contributed by atoms with Crippen molar-refractivity contribution < 1.29 is 17.9 Å². The molecule has 1 aliphatic rings. The van der Waals surface area contributed by atoms with Crippen molar-refractivity contribution in [2.24, 2.45) is 0 Å². The summed E-state index contributed by atoms with van der Waals surface area (Å²) in [6, 6.07) is 5.36. The van der Waals surface area contributed by atoms with Gasteiger partial charge >= 0.3 is 16.3 Å². The molecule has 0 saturated heterocycles. The first-order valence-electron chi connectivity index (χ1n) is 6.74. The van der Waals surface area contributed by atoms with Crippen molar-refractivity contribution in [3.63, 3.8) is 0 Å². The number of carbonyl (C=O) groups is 1. The molecule has 2 rings (SSSR count). The molecule has 0 bridgehead atoms. The molecular formula is C13H19N3O4S. The summed E-state index contributed by atoms with van der Waals surface area (Å²) in [6.45, 7) is 4.06. The highest BCUT2D eigenvalue weighted by atomic mass is 32.2. The van der Waals surface area contributed by atoms with Crippen LogP contribution in [-0.4, -0.2) is 27.2 Å². The van der Waals surface area contributed by atoms with Crippen LogP contribution in [0.4, 0.5) is 16.2 Å². The number of rotatable bonds is 4. The zero-order chi connectivity index (χ0) is 15.5. The number of aryl methyl sites for hydroxylation is 1. The third-order valence-corrected chi connectivity index (χ3v) is 3.80. The molecule has 7 nitrogen and oxygen atoms in total. The molecule has 0 aromatic heterocycles. The average molecular weight is 313 g/mol. The van der Waals surface area contributed by atoms with Crippen LogP contribution in [0.25, 0.3) is 0 Å². The van der Waals surface area contributed by atoms with Crippen molar-refractivity contribution >= 4 is 27.7 Å². The van der Waals surface area contributed by atoms with Gasteiger partial charge in [-0.1, -0.05) is 12.1 Å². The van der Waals surface area contributed by atoms with E-state index in [2.05, 4.69) is 10.0 Å². The predicted octanol–water partition coefficient (Wildman–Crippen LogP) is 1.84. The van der Waals surface area contributed by atoms with Gasteiger partial charge < -0.3 is 10.1 Å². The first-order valence-corrected chi connectivity index (χ1v) is 8.22. The number of fused-ring (bicyclic) bond motifs is 1. The van der Waals surface area contributed by atoms with E-state index in [0.29, 0.717) is 5.69 Å². The molecule has 0 atom stereocenters. The van der Waals surface area contributed by atoms with Crippen LogP contribution < -0.4 is 14.8 Å². The lowest BCUT2D eigenvalue weighted by Gasteiger charge is -2.21. The maximum Gasteiger partial charge on any atom is 0.422 e. The number of carbonyl (C=O) groups excluding carboxylic acids is 1. The molecule has 1 heterocycles. The van der Waals surface area contributed by atoms with Crippen LogP contribution in [0.15, 0.2) is 18.2 Å². The van der Waals surface area contributed by atoms with E-state index in [-0.39, 0.29) is 0 Å². The molecule has 0 spiro atoms. The highest BCUT2D eigenvalue weighted by molar-refractivity contribution is 7.91. The summed E-state index contributed by atoms with van der Waals surface area (Å²) in [7, 11) is -4.03. The largest absolute Gasteiger partial charge is 0.446 e. The zero-order valence-electron chi connectivity index (χ0n) is 12.0. The Morgan fingerprint density at radius 1 is 1.38 bits per heavy atom. The van der Waals surface area contributed by atoms with Crippen molar-refractivity contribution in [2.75, 3.05) is 16.6 Å². The first kappa shape index (κ1) is 15.4. The summed E-state index contributed by atoms with van der Waals surface area (Å²) in [4.78, 5) is 11.4. The van der Waals surface area contributed by atoms with Crippen LogP contribution in [0, 0.1) is 0 Å². The molecule has 116 valence electrons. The van der Waals surface area contributed by atoms with Crippen LogP contribution in [0.2, 0.25) is 0 Å². The summed E-state index contributed by atoms with van der Waals surface area (Å²) in [5.41, 5.74) is 2.22. The molecule has 0 saturated carbocycles. The zero-order valence-corrected chi connectivity index (χ0v) is 12.8. The highest BCUT2D eigenvalue weighted by Gasteiger charge is 2.20. The van der Waals surface area contributed by atoms with Gasteiger partial charge in [0.05, 0.1) is 17.5 Å². The van der Waals surface area contributed by atoms with Crippen molar-refractivity contribution in [1.82, 2.24) is 4.72 Å². The summed E-state index contributed by atoms with van der Waals surface area (Å²) in [5, 5.41) is 3.17. The number of para-hydroxylation sites is 1. The Morgan fingerprint density at radius 3 is 2.86 bits per heavy atom. The van der Waals surface area contributed by atoms with Gasteiger partial charge in [0.15, 0.2) is 0 Å². The molecule has 1 aromatic carbocycles. The van der Waals surface area contributed by atoms with E-state index in [1.807, 2.05) is 10.8 Å². The monoisotopic (exact) mass is 313 g/mol. The summed E-state index contributed by atoms with van der Waals surface area (Å²) >= 11 is 0. The number of anilines is 2. The third kappa shape index (κ3) is 4.25. The summed E-state index contributed by atoms with van der Waals surface area (Å²) < 4.78 is 32.8. The van der Waals surface area contributed by atoms with Crippen molar-refractivity contribution in [3.05, 3.63) is 23.8 Å². The maximum absolute atomic E-state index is 11.9. The topological polar surface area (TPSA) is 96.5 Å². The van der Waals surface area contributed by atoms with Crippen molar-refractivity contribution in [3.8, 4) is 0 Å². The number of ether oxygens (including phenoxy) is 1. The Hall–Kier alpha value is -1.96. The fourth-order valence-corrected chi connectivity index (χ4v) is 2.89. The molecule has 0 unspecified atom stereocenters. The van der Waals surface area contributed by atoms with E-state index in [9.17, 15) is 13.2 Å². The number of amides is 1. The van der Waals surface area contributed by atoms with Gasteiger partial charge in [0.25, 0.3) is 0 Å². The Balaban J connectivity index is 2.12. The Kier molecular flexibility index (Phi) is 4.56. The molecule has 1 aliphatic heterocycles. The fourth-order valence-electron chi connectivity index (χ4n) is 2.11. The van der Waals surface area contributed by atoms with Crippen molar-refractivity contribution in [1.29, 1.82) is 0 Å². The minimum absolute atomic E-state index is 0.397. The van der Waals surface area contributed by atoms with E-state index in [1.165, 1.54) is 0 Å². The standard InChI is InChI=1S/C13H19N3O4S/c1-9(2)20-13(17)16-21(18,19)15-11-7-3-5-10-6-4-8-14-12(10)11/h3,5,7,9,14-15H,4,6,8H2,1-2H3,(H,16,17). The third-order valence-electron chi connectivity index (χ3n) is 2.88. The van der Waals surface area contributed by atoms with Gasteiger partial charge in [0.1, 0.15) is 0 Å². The molecule has 0 aliphatic carbocycles. The molecule has 1 amide bonds. The Morgan fingerprint density at radius 2 is 2.14 bits per heavy atom. The lowest BCUT2D eigenvalue weighted by molar-refractivity contribution is 0.121. The lowest BCUT2D eigenvalue weighted by atomic mass is 10.0. The van der Waals surface area contributed by atoms with E-state index >= 15 is 0 Å². The second kappa shape index (κ2) is 6.21. The van der Waals surface area contributed by atoms with Gasteiger partial charge in [-0.3, -0.25) is 4.72 Å². The van der Waals surface area contributed by atoms with Crippen LogP contribution in [0.5, 0.6) is 0 Å². The minimum atomic E-state index is -4.03. The highest BCUT2D eigenvalue weighted by Crippen LogP contribution is 2.30. The van der Waals surface area contributed by atoms with Crippen LogP contribution in [0.3, 0.4) is 0 Å².